The summed E-state index contributed by atoms with van der Waals surface area (Å²) < 4.78 is 34.4. The zero-order valence-corrected chi connectivity index (χ0v) is 62.4. The maximum absolute atomic E-state index is 13.5. The lowest BCUT2D eigenvalue weighted by atomic mass is 9.96. The van der Waals surface area contributed by atoms with Gasteiger partial charge in [-0.2, -0.15) is 0 Å². The number of ether oxygens (including phenoxy) is 6. The molecule has 0 radical (unpaired) electrons. The molecule has 3 rings (SSSR count). The van der Waals surface area contributed by atoms with Crippen molar-refractivity contribution >= 4 is 5.91 Å². The minimum atomic E-state index is -1.98. The number of unbranched alkanes of at least 4 members (excludes halogenated alkanes) is 32. The zero-order chi connectivity index (χ0) is 73.2. The zero-order valence-electron chi connectivity index (χ0n) is 62.4. The summed E-state index contributed by atoms with van der Waals surface area (Å²) >= 11 is 0. The Morgan fingerprint density at radius 3 is 1.07 bits per heavy atom. The summed E-state index contributed by atoms with van der Waals surface area (Å²) in [4.78, 5) is 13.5. The van der Waals surface area contributed by atoms with Crippen molar-refractivity contribution in [3.8, 4) is 0 Å². The smallest absolute Gasteiger partial charge is 0.220 e. The lowest BCUT2D eigenvalue weighted by molar-refractivity contribution is -0.379. The number of rotatable bonds is 62. The fourth-order valence-electron chi connectivity index (χ4n) is 13.0. The predicted octanol–water partition coefficient (Wildman–Crippen LogP) is 13.2. The molecule has 0 aromatic heterocycles. The molecule has 17 unspecified atom stereocenters. The highest BCUT2D eigenvalue weighted by atomic mass is 16.8. The van der Waals surface area contributed by atoms with E-state index in [1.165, 1.54) is 141 Å². The molecule has 0 aromatic carbocycles. The van der Waals surface area contributed by atoms with Gasteiger partial charge in [-0.25, -0.2) is 0 Å². The van der Waals surface area contributed by atoms with Crippen molar-refractivity contribution in [2.24, 2.45) is 0 Å². The minimum absolute atomic E-state index is 0.225. The molecule has 19 nitrogen and oxygen atoms in total. The summed E-state index contributed by atoms with van der Waals surface area (Å²) in [6.07, 6.45) is 56.6. The summed E-state index contributed by atoms with van der Waals surface area (Å²) in [5.41, 5.74) is 0. The van der Waals surface area contributed by atoms with Gasteiger partial charge in [0.15, 0.2) is 18.9 Å². The number of aliphatic hydroxyl groups excluding tert-OH is 11. The van der Waals surface area contributed by atoms with Gasteiger partial charge in [0.1, 0.15) is 73.2 Å². The molecule has 3 fully saturated rings. The Morgan fingerprint density at radius 2 is 0.683 bits per heavy atom. The average molecular weight is 1430 g/mol. The van der Waals surface area contributed by atoms with Gasteiger partial charge in [-0.3, -0.25) is 4.79 Å². The highest BCUT2D eigenvalue weighted by Crippen LogP contribution is 2.33. The van der Waals surface area contributed by atoms with Crippen molar-refractivity contribution in [3.63, 3.8) is 0 Å². The molecule has 17 atom stereocenters. The molecule has 3 aliphatic rings. The molecule has 101 heavy (non-hydrogen) atoms. The molecular formula is C82H143NO18. The monoisotopic (exact) mass is 1430 g/mol. The van der Waals surface area contributed by atoms with Gasteiger partial charge in [0, 0.05) is 6.42 Å². The van der Waals surface area contributed by atoms with Crippen LogP contribution in [0.1, 0.15) is 284 Å². The van der Waals surface area contributed by atoms with Crippen LogP contribution in [0, 0.1) is 0 Å². The van der Waals surface area contributed by atoms with E-state index in [1.54, 1.807) is 6.08 Å². The molecule has 3 saturated heterocycles. The summed E-state index contributed by atoms with van der Waals surface area (Å²) in [6, 6.07) is -0.988. The van der Waals surface area contributed by atoms with Crippen LogP contribution < -0.4 is 5.32 Å². The molecule has 0 aliphatic carbocycles. The third-order valence-corrected chi connectivity index (χ3v) is 19.4. The highest BCUT2D eigenvalue weighted by molar-refractivity contribution is 5.76. The number of aliphatic hydroxyl groups is 11. The van der Waals surface area contributed by atoms with E-state index in [1.807, 2.05) is 6.08 Å². The second-order valence-corrected chi connectivity index (χ2v) is 28.1. The van der Waals surface area contributed by atoms with Crippen LogP contribution >= 0.6 is 0 Å². The number of carbonyl (C=O) groups is 1. The average Bonchev–Trinajstić information content (AvgIpc) is 0.796. The second-order valence-electron chi connectivity index (χ2n) is 28.1. The van der Waals surface area contributed by atoms with Gasteiger partial charge in [0.25, 0.3) is 0 Å². The van der Waals surface area contributed by atoms with E-state index in [0.717, 1.165) is 116 Å². The van der Waals surface area contributed by atoms with Crippen molar-refractivity contribution in [3.05, 3.63) is 97.2 Å². The first-order valence-electron chi connectivity index (χ1n) is 40.0. The van der Waals surface area contributed by atoms with E-state index in [4.69, 9.17) is 28.4 Å². The van der Waals surface area contributed by atoms with Crippen molar-refractivity contribution in [2.45, 2.75) is 388 Å². The molecule has 1 amide bonds. The third-order valence-electron chi connectivity index (χ3n) is 19.4. The molecule has 584 valence electrons. The van der Waals surface area contributed by atoms with Crippen LogP contribution in [-0.4, -0.2) is 193 Å². The quantitative estimate of drug-likeness (QED) is 0.0199. The lowest BCUT2D eigenvalue weighted by Gasteiger charge is -2.48. The number of hydrogen-bond donors (Lipinski definition) is 12. The van der Waals surface area contributed by atoms with E-state index in [9.17, 15) is 61.0 Å². The second kappa shape index (κ2) is 61.8. The largest absolute Gasteiger partial charge is 0.394 e. The first-order valence-corrected chi connectivity index (χ1v) is 40.0. The maximum Gasteiger partial charge on any atom is 0.220 e. The number of hydrogen-bond acceptors (Lipinski definition) is 18. The standard InChI is InChI=1S/C82H143NO18/c1-3-5-7-9-11-13-15-17-19-21-23-25-27-29-31-32-34-36-38-40-42-44-46-48-50-52-54-56-58-60-70(88)83-65(66(87)59-57-55-53-51-49-47-45-43-41-39-37-35-33-30-28-26-24-22-20-18-16-14-12-10-8-6-4-2)64-96-80-76(94)73(91)78(68(62-85)98-80)101-82-77(95)74(92)79(69(63-86)99-82)100-81-75(93)72(90)71(89)67(61-84)97-81/h5,7,11,13,17,19,23,25,29,31,34,36,40,42,57,59,65-69,71-82,84-87,89-95H,3-4,6,8-10,12,14-16,18,20-22,24,26-28,30,32-33,35,37-39,41,43-56,58,60-64H2,1-2H3,(H,83,88)/b7-5-,13-11-,19-17-,25-23-,31-29-,36-34-,42-40-,59-57+. The van der Waals surface area contributed by atoms with Crippen molar-refractivity contribution in [1.82, 2.24) is 5.32 Å². The van der Waals surface area contributed by atoms with Crippen molar-refractivity contribution < 1.29 is 89.4 Å². The summed E-state index contributed by atoms with van der Waals surface area (Å²) in [5, 5.41) is 121. The Hall–Kier alpha value is -3.29. The Morgan fingerprint density at radius 1 is 0.366 bits per heavy atom. The van der Waals surface area contributed by atoms with Gasteiger partial charge < -0.3 is 89.9 Å². The highest BCUT2D eigenvalue weighted by Gasteiger charge is 2.54. The molecule has 0 aromatic rings. The van der Waals surface area contributed by atoms with Crippen molar-refractivity contribution in [1.29, 1.82) is 0 Å². The summed E-state index contributed by atoms with van der Waals surface area (Å²) in [7, 11) is 0. The van der Waals surface area contributed by atoms with Gasteiger partial charge in [-0.05, 0) is 77.0 Å². The molecule has 3 aliphatic heterocycles. The Kier molecular flexibility index (Phi) is 56.3. The Labute approximate surface area is 609 Å². The maximum atomic E-state index is 13.5. The van der Waals surface area contributed by atoms with Gasteiger partial charge in [-0.15, -0.1) is 0 Å². The van der Waals surface area contributed by atoms with E-state index in [-0.39, 0.29) is 18.9 Å². The van der Waals surface area contributed by atoms with E-state index in [2.05, 4.69) is 104 Å². The molecule has 3 heterocycles. The summed E-state index contributed by atoms with van der Waals surface area (Å²) in [5.74, 6) is -0.288. The number of amides is 1. The molecule has 19 heteroatoms. The Bertz CT molecular complexity index is 2200. The Balaban J connectivity index is 1.40. The third kappa shape index (κ3) is 42.0. The van der Waals surface area contributed by atoms with Crippen LogP contribution in [0.2, 0.25) is 0 Å². The minimum Gasteiger partial charge on any atom is -0.394 e. The number of allylic oxidation sites excluding steroid dienone is 15. The first-order chi connectivity index (χ1) is 49.3. The summed E-state index contributed by atoms with van der Waals surface area (Å²) in [6.45, 7) is 1.64. The molecular weight excluding hydrogens is 1290 g/mol. The van der Waals surface area contributed by atoms with E-state index < -0.39 is 124 Å². The topological polar surface area (TPSA) is 307 Å². The van der Waals surface area contributed by atoms with E-state index >= 15 is 0 Å². The van der Waals surface area contributed by atoms with Crippen LogP contribution in [0.25, 0.3) is 0 Å². The molecule has 0 bridgehead atoms. The van der Waals surface area contributed by atoms with Crippen molar-refractivity contribution in [2.75, 3.05) is 26.4 Å². The number of carbonyl (C=O) groups excluding carboxylic acids is 1. The van der Waals surface area contributed by atoms with Crippen LogP contribution in [0.3, 0.4) is 0 Å². The van der Waals surface area contributed by atoms with E-state index in [0.29, 0.717) is 6.42 Å². The van der Waals surface area contributed by atoms with Gasteiger partial charge in [0.2, 0.25) is 5.91 Å². The molecule has 12 N–H and O–H groups in total. The number of nitrogens with one attached hydrogen (secondary N) is 1. The van der Waals surface area contributed by atoms with Gasteiger partial charge >= 0.3 is 0 Å². The van der Waals surface area contributed by atoms with Crippen LogP contribution in [0.5, 0.6) is 0 Å². The fourth-order valence-corrected chi connectivity index (χ4v) is 13.0. The lowest BCUT2D eigenvalue weighted by Crippen LogP contribution is -2.66. The van der Waals surface area contributed by atoms with Crippen LogP contribution in [0.4, 0.5) is 0 Å². The SMILES string of the molecule is CC/C=C\C/C=C\C/C=C\C/C=C\C/C=C\C/C=C\C/C=C\CCCCCCCCCC(=O)NC(COC1OC(CO)C(OC2OC(CO)C(OC3OC(CO)C(O)C(O)C3O)C(O)C2O)C(O)C1O)C(O)/C=C/CCCCCCCCCCCCCCCCCCCCCCCCCCC. The predicted molar refractivity (Wildman–Crippen MR) is 401 cm³/mol. The van der Waals surface area contributed by atoms with Crippen LogP contribution in [-0.2, 0) is 33.2 Å². The normalized spacial score (nSPS) is 26.8. The molecule has 0 saturated carbocycles. The van der Waals surface area contributed by atoms with Crippen LogP contribution in [0.15, 0.2) is 97.2 Å². The fraction of sp³-hybridized carbons (Fsp3) is 0.793. The van der Waals surface area contributed by atoms with Gasteiger partial charge in [-0.1, -0.05) is 297 Å². The van der Waals surface area contributed by atoms with Gasteiger partial charge in [0.05, 0.1) is 38.6 Å². The molecule has 0 spiro atoms. The first kappa shape index (κ1) is 91.9.